The summed E-state index contributed by atoms with van der Waals surface area (Å²) in [6.07, 6.45) is 6.17. The number of benzene rings is 1. The van der Waals surface area contributed by atoms with Crippen molar-refractivity contribution in [3.05, 3.63) is 35.9 Å². The standard InChI is InChI=1S/C15H23NO/c17-15(14-9-5-2-6-10-14)12-16-11-13-7-3-1-4-8-13/h1,3-4,7-8,14-17H,2,5-6,9-12H2. The van der Waals surface area contributed by atoms with E-state index >= 15 is 0 Å². The fraction of sp³-hybridized carbons (Fsp3) is 0.600. The maximum atomic E-state index is 10.1. The lowest BCUT2D eigenvalue weighted by Crippen LogP contribution is -2.33. The van der Waals surface area contributed by atoms with E-state index in [1.54, 1.807) is 0 Å². The van der Waals surface area contributed by atoms with E-state index in [9.17, 15) is 5.11 Å². The zero-order valence-electron chi connectivity index (χ0n) is 10.4. The van der Waals surface area contributed by atoms with Crippen LogP contribution in [0.4, 0.5) is 0 Å². The average molecular weight is 233 g/mol. The molecule has 2 heteroatoms. The molecule has 0 saturated heterocycles. The zero-order chi connectivity index (χ0) is 11.9. The van der Waals surface area contributed by atoms with Crippen LogP contribution in [0, 0.1) is 5.92 Å². The van der Waals surface area contributed by atoms with Crippen molar-refractivity contribution in [2.75, 3.05) is 6.54 Å². The summed E-state index contributed by atoms with van der Waals surface area (Å²) in [6.45, 7) is 1.57. The SMILES string of the molecule is OC(CNCc1ccccc1)C1CCCCC1. The molecule has 0 heterocycles. The van der Waals surface area contributed by atoms with Crippen LogP contribution >= 0.6 is 0 Å². The lowest BCUT2D eigenvalue weighted by molar-refractivity contribution is 0.0839. The number of hydrogen-bond donors (Lipinski definition) is 2. The number of aliphatic hydroxyl groups is 1. The van der Waals surface area contributed by atoms with Crippen molar-refractivity contribution < 1.29 is 5.11 Å². The summed E-state index contributed by atoms with van der Waals surface area (Å²) in [5.74, 6) is 0.520. The first-order valence-corrected chi connectivity index (χ1v) is 6.79. The van der Waals surface area contributed by atoms with Gasteiger partial charge < -0.3 is 10.4 Å². The van der Waals surface area contributed by atoms with Crippen molar-refractivity contribution in [3.8, 4) is 0 Å². The third kappa shape index (κ3) is 4.14. The van der Waals surface area contributed by atoms with E-state index in [2.05, 4.69) is 29.6 Å². The highest BCUT2D eigenvalue weighted by atomic mass is 16.3. The van der Waals surface area contributed by atoms with Crippen molar-refractivity contribution >= 4 is 0 Å². The minimum absolute atomic E-state index is 0.168. The van der Waals surface area contributed by atoms with Gasteiger partial charge in [-0.25, -0.2) is 0 Å². The number of nitrogens with one attached hydrogen (secondary N) is 1. The lowest BCUT2D eigenvalue weighted by atomic mass is 9.85. The van der Waals surface area contributed by atoms with Gasteiger partial charge in [0.05, 0.1) is 6.10 Å². The molecule has 1 unspecified atom stereocenters. The molecule has 1 aromatic rings. The van der Waals surface area contributed by atoms with Crippen LogP contribution in [0.1, 0.15) is 37.7 Å². The molecule has 1 atom stereocenters. The maximum Gasteiger partial charge on any atom is 0.0692 e. The van der Waals surface area contributed by atoms with Gasteiger partial charge in [0, 0.05) is 13.1 Å². The Labute approximate surface area is 104 Å². The van der Waals surface area contributed by atoms with Crippen LogP contribution in [-0.2, 0) is 6.54 Å². The third-order valence-corrected chi connectivity index (χ3v) is 3.72. The fourth-order valence-corrected chi connectivity index (χ4v) is 2.65. The summed E-state index contributed by atoms with van der Waals surface area (Å²) >= 11 is 0. The van der Waals surface area contributed by atoms with Crippen molar-refractivity contribution in [1.29, 1.82) is 0 Å². The van der Waals surface area contributed by atoms with E-state index in [1.165, 1.54) is 37.7 Å². The second kappa shape index (κ2) is 6.77. The predicted octanol–water partition coefficient (Wildman–Crippen LogP) is 2.72. The van der Waals surface area contributed by atoms with Gasteiger partial charge >= 0.3 is 0 Å². The first-order valence-electron chi connectivity index (χ1n) is 6.79. The maximum absolute atomic E-state index is 10.1. The molecule has 1 aromatic carbocycles. The number of aliphatic hydroxyl groups excluding tert-OH is 1. The van der Waals surface area contributed by atoms with E-state index in [1.807, 2.05) is 6.07 Å². The summed E-state index contributed by atoms with van der Waals surface area (Å²) in [4.78, 5) is 0. The van der Waals surface area contributed by atoms with Crippen LogP contribution in [0.15, 0.2) is 30.3 Å². The highest BCUT2D eigenvalue weighted by Crippen LogP contribution is 2.26. The van der Waals surface area contributed by atoms with Crippen LogP contribution in [0.25, 0.3) is 0 Å². The molecule has 0 amide bonds. The Morgan fingerprint density at radius 3 is 2.53 bits per heavy atom. The summed E-state index contributed by atoms with van der Waals surface area (Å²) in [7, 11) is 0. The van der Waals surface area contributed by atoms with E-state index in [0.717, 1.165) is 13.1 Å². The van der Waals surface area contributed by atoms with Gasteiger partial charge in [0.25, 0.3) is 0 Å². The second-order valence-corrected chi connectivity index (χ2v) is 5.08. The Balaban J connectivity index is 1.67. The Hall–Kier alpha value is -0.860. The minimum atomic E-state index is -0.168. The van der Waals surface area contributed by atoms with Crippen molar-refractivity contribution in [2.45, 2.75) is 44.8 Å². The Kier molecular flexibility index (Phi) is 5.02. The average Bonchev–Trinajstić information content (AvgIpc) is 2.41. The molecule has 0 spiro atoms. The van der Waals surface area contributed by atoms with E-state index in [0.29, 0.717) is 5.92 Å². The van der Waals surface area contributed by atoms with Gasteiger partial charge in [0.2, 0.25) is 0 Å². The van der Waals surface area contributed by atoms with Crippen LogP contribution in [0.2, 0.25) is 0 Å². The third-order valence-electron chi connectivity index (χ3n) is 3.72. The van der Waals surface area contributed by atoms with Gasteiger partial charge in [-0.1, -0.05) is 49.6 Å². The molecule has 0 radical (unpaired) electrons. The quantitative estimate of drug-likeness (QED) is 0.819. The van der Waals surface area contributed by atoms with Crippen LogP contribution < -0.4 is 5.32 Å². The smallest absolute Gasteiger partial charge is 0.0692 e. The van der Waals surface area contributed by atoms with Crippen molar-refractivity contribution in [2.24, 2.45) is 5.92 Å². The first kappa shape index (κ1) is 12.6. The Morgan fingerprint density at radius 2 is 1.82 bits per heavy atom. The normalized spacial score (nSPS) is 19.1. The molecule has 0 bridgehead atoms. The fourth-order valence-electron chi connectivity index (χ4n) is 2.65. The van der Waals surface area contributed by atoms with Crippen LogP contribution in [-0.4, -0.2) is 17.8 Å². The van der Waals surface area contributed by atoms with Crippen LogP contribution in [0.3, 0.4) is 0 Å². The van der Waals surface area contributed by atoms with Gasteiger partial charge in [-0.15, -0.1) is 0 Å². The molecule has 1 aliphatic carbocycles. The Morgan fingerprint density at radius 1 is 1.12 bits per heavy atom. The largest absolute Gasteiger partial charge is 0.392 e. The monoisotopic (exact) mass is 233 g/mol. The molecule has 2 nitrogen and oxygen atoms in total. The molecule has 17 heavy (non-hydrogen) atoms. The van der Waals surface area contributed by atoms with E-state index in [4.69, 9.17) is 0 Å². The predicted molar refractivity (Wildman–Crippen MR) is 70.7 cm³/mol. The van der Waals surface area contributed by atoms with Gasteiger partial charge in [-0.05, 0) is 24.3 Å². The molecular weight excluding hydrogens is 210 g/mol. The first-order chi connectivity index (χ1) is 8.36. The zero-order valence-corrected chi connectivity index (χ0v) is 10.4. The molecule has 1 aliphatic rings. The lowest BCUT2D eigenvalue weighted by Gasteiger charge is -2.26. The summed E-state index contributed by atoms with van der Waals surface area (Å²) < 4.78 is 0. The molecular formula is C15H23NO. The van der Waals surface area contributed by atoms with Gasteiger partial charge in [-0.3, -0.25) is 0 Å². The minimum Gasteiger partial charge on any atom is -0.392 e. The van der Waals surface area contributed by atoms with Gasteiger partial charge in [-0.2, -0.15) is 0 Å². The summed E-state index contributed by atoms with van der Waals surface area (Å²) in [5.41, 5.74) is 1.28. The van der Waals surface area contributed by atoms with Crippen LogP contribution in [0.5, 0.6) is 0 Å². The summed E-state index contributed by atoms with van der Waals surface area (Å²) in [5, 5.41) is 13.4. The Bertz CT molecular complexity index is 306. The molecule has 1 saturated carbocycles. The van der Waals surface area contributed by atoms with Gasteiger partial charge in [0.1, 0.15) is 0 Å². The highest BCUT2D eigenvalue weighted by Gasteiger charge is 2.20. The van der Waals surface area contributed by atoms with E-state index in [-0.39, 0.29) is 6.10 Å². The molecule has 1 fully saturated rings. The molecule has 0 aromatic heterocycles. The van der Waals surface area contributed by atoms with Crippen molar-refractivity contribution in [1.82, 2.24) is 5.32 Å². The molecule has 94 valence electrons. The molecule has 2 N–H and O–H groups in total. The second-order valence-electron chi connectivity index (χ2n) is 5.08. The molecule has 0 aliphatic heterocycles. The number of rotatable bonds is 5. The number of hydrogen-bond acceptors (Lipinski definition) is 2. The van der Waals surface area contributed by atoms with E-state index < -0.39 is 0 Å². The topological polar surface area (TPSA) is 32.3 Å². The highest BCUT2D eigenvalue weighted by molar-refractivity contribution is 5.14. The summed E-state index contributed by atoms with van der Waals surface area (Å²) in [6, 6.07) is 10.4. The van der Waals surface area contributed by atoms with Gasteiger partial charge in [0.15, 0.2) is 0 Å². The molecule has 2 rings (SSSR count). The van der Waals surface area contributed by atoms with Crippen molar-refractivity contribution in [3.63, 3.8) is 0 Å².